The van der Waals surface area contributed by atoms with E-state index in [-0.39, 0.29) is 23.7 Å². The van der Waals surface area contributed by atoms with Gasteiger partial charge in [0.2, 0.25) is 0 Å². The molecule has 6 aromatic rings. The van der Waals surface area contributed by atoms with Crippen molar-refractivity contribution in [2.75, 3.05) is 0 Å². The molecule has 6 aromatic carbocycles. The summed E-state index contributed by atoms with van der Waals surface area (Å²) in [5.74, 6) is 2.72. The quantitative estimate of drug-likeness (QED) is 0.133. The predicted octanol–water partition coefficient (Wildman–Crippen LogP) is 15.0. The van der Waals surface area contributed by atoms with Crippen LogP contribution in [0.15, 0.2) is 60.7 Å². The summed E-state index contributed by atoms with van der Waals surface area (Å²) in [5, 5.41) is 5.06. The number of hydrogen-bond donors (Lipinski definition) is 0. The van der Waals surface area contributed by atoms with Crippen molar-refractivity contribution in [1.29, 1.82) is 0 Å². The summed E-state index contributed by atoms with van der Waals surface area (Å²) in [4.78, 5) is 0. The van der Waals surface area contributed by atoms with Crippen LogP contribution in [0, 0.1) is 83.1 Å². The summed E-state index contributed by atoms with van der Waals surface area (Å²) < 4.78 is 7.73. The zero-order chi connectivity index (χ0) is 47.9. The molecule has 0 radical (unpaired) electrons. The van der Waals surface area contributed by atoms with Gasteiger partial charge in [-0.25, -0.2) is 0 Å². The number of aryl methyl sites for hydroxylation is 12. The predicted molar refractivity (Wildman–Crippen MR) is 285 cm³/mol. The molecule has 0 saturated carbocycles. The van der Waals surface area contributed by atoms with Crippen molar-refractivity contribution in [2.24, 2.45) is 0 Å². The van der Waals surface area contributed by atoms with Crippen LogP contribution in [0.25, 0.3) is 24.3 Å². The Kier molecular flexibility index (Phi) is 14.8. The molecule has 0 amide bonds. The third-order valence-corrected chi connectivity index (χ3v) is 13.6. The Morgan fingerprint density at radius 1 is 0.292 bits per heavy atom. The van der Waals surface area contributed by atoms with Crippen LogP contribution in [-0.2, 0) is 0 Å². The van der Waals surface area contributed by atoms with E-state index in [9.17, 15) is 0 Å². The van der Waals surface area contributed by atoms with Crippen molar-refractivity contribution in [3.63, 3.8) is 0 Å². The van der Waals surface area contributed by atoms with E-state index in [0.717, 1.165) is 11.5 Å². The smallest absolute Gasteiger partial charge is 0.131 e. The van der Waals surface area contributed by atoms with Crippen LogP contribution in [-0.4, -0.2) is 0 Å². The largest absolute Gasteiger partial charge is 0.457 e. The van der Waals surface area contributed by atoms with Crippen LogP contribution in [0.2, 0.25) is 0 Å². The van der Waals surface area contributed by atoms with Crippen molar-refractivity contribution >= 4 is 24.3 Å². The van der Waals surface area contributed by atoms with E-state index in [1.54, 1.807) is 0 Å². The minimum Gasteiger partial charge on any atom is -0.457 e. The minimum atomic E-state index is 0.173. The minimum absolute atomic E-state index is 0.173. The molecule has 0 aliphatic carbocycles. The molecule has 65 heavy (non-hydrogen) atoms. The maximum atomic E-state index is 7.73. The van der Waals surface area contributed by atoms with E-state index in [4.69, 9.17) is 4.74 Å². The average molecular weight is 863 g/mol. The van der Waals surface area contributed by atoms with Crippen LogP contribution < -0.4 is 25.6 Å². The standard InChI is InChI=1S/C64H78O/c1-35(2)51-33-61(63(37(5)6)59(31-55-47(17)25-41(11)26-48(55)18)57(51)29-53-43(13)21-39(9)22-44(53)14)65-62-34-52(36(3)4)58(30-54-45(15)23-40(10)24-46(54)16)60(64(62)38(7)8)32-56-49(19)27-42(12)28-50(56)20/h21-38H,1-20H3. The Balaban J connectivity index is 1.85. The molecule has 0 aliphatic heterocycles. The van der Waals surface area contributed by atoms with Gasteiger partial charge in [-0.2, -0.15) is 0 Å². The summed E-state index contributed by atoms with van der Waals surface area (Å²) in [5.41, 5.74) is 25.8. The summed E-state index contributed by atoms with van der Waals surface area (Å²) >= 11 is 0. The van der Waals surface area contributed by atoms with Crippen LogP contribution in [0.5, 0.6) is 11.5 Å². The molecule has 0 spiro atoms. The molecule has 0 bridgehead atoms. The van der Waals surface area contributed by atoms with E-state index in [2.05, 4.69) is 223 Å². The topological polar surface area (TPSA) is 9.23 Å². The van der Waals surface area contributed by atoms with Gasteiger partial charge < -0.3 is 4.74 Å². The number of ether oxygens (including phenoxy) is 1. The summed E-state index contributed by atoms with van der Waals surface area (Å²) in [6, 6.07) is 23.4. The van der Waals surface area contributed by atoms with Gasteiger partial charge in [-0.1, -0.05) is 126 Å². The second-order valence-electron chi connectivity index (χ2n) is 21.0. The van der Waals surface area contributed by atoms with Gasteiger partial charge in [0, 0.05) is 11.1 Å². The van der Waals surface area contributed by atoms with Crippen molar-refractivity contribution in [1.82, 2.24) is 0 Å². The van der Waals surface area contributed by atoms with Crippen molar-refractivity contribution < 1.29 is 4.74 Å². The molecule has 1 nitrogen and oxygen atoms in total. The highest BCUT2D eigenvalue weighted by atomic mass is 16.5. The summed E-state index contributed by atoms with van der Waals surface area (Å²) in [7, 11) is 0. The highest BCUT2D eigenvalue weighted by Gasteiger charge is 2.23. The number of hydrogen-bond acceptors (Lipinski definition) is 1. The van der Waals surface area contributed by atoms with Crippen LogP contribution in [0.4, 0.5) is 0 Å². The normalized spacial score (nSPS) is 13.2. The van der Waals surface area contributed by atoms with E-state index < -0.39 is 0 Å². The van der Waals surface area contributed by atoms with Crippen molar-refractivity contribution in [3.05, 3.63) is 193 Å². The molecule has 6 rings (SSSR count). The molecule has 340 valence electrons. The Labute approximate surface area is 393 Å². The molecule has 0 unspecified atom stereocenters. The van der Waals surface area contributed by atoms with Gasteiger partial charge in [0.15, 0.2) is 0 Å². The maximum absolute atomic E-state index is 7.73. The van der Waals surface area contributed by atoms with Gasteiger partial charge in [0.05, 0.1) is 0 Å². The van der Waals surface area contributed by atoms with E-state index >= 15 is 0 Å². The van der Waals surface area contributed by atoms with Crippen molar-refractivity contribution in [2.45, 2.75) is 162 Å². The first kappa shape index (κ1) is 49.0. The lowest BCUT2D eigenvalue weighted by molar-refractivity contribution is 0.459. The fraction of sp³-hybridized carbons (Fsp3) is 0.375. The molecular formula is C64H78O. The Morgan fingerprint density at radius 2 is 0.508 bits per heavy atom. The molecule has 0 aliphatic rings. The first-order valence-corrected chi connectivity index (χ1v) is 24.3. The molecule has 0 fully saturated rings. The number of benzene rings is 6. The third-order valence-electron chi connectivity index (χ3n) is 13.6. The SMILES string of the molecule is Cc1cc(C)c(C=c2c(C(C)C)cc(Oc3cc(C(C)C)c(=Cc4c(C)cc(C)cc4C)c(=Cc4c(C)cc(C)cc4C)c3C(C)C)c(C(C)C)c2=Cc2c(C)cc(C)cc2C)c(C)c1. The Hall–Kier alpha value is -5.40. The van der Waals surface area contributed by atoms with Crippen LogP contribution >= 0.6 is 0 Å². The molecule has 1 heteroatoms. The fourth-order valence-electron chi connectivity index (χ4n) is 10.8. The lowest BCUT2D eigenvalue weighted by Gasteiger charge is -2.24. The molecule has 0 N–H and O–H groups in total. The van der Waals surface area contributed by atoms with E-state index in [1.807, 2.05) is 0 Å². The molecule has 0 heterocycles. The second-order valence-corrected chi connectivity index (χ2v) is 21.0. The third kappa shape index (κ3) is 10.4. The zero-order valence-electron chi connectivity index (χ0n) is 43.8. The van der Waals surface area contributed by atoms with Gasteiger partial charge in [-0.3, -0.25) is 0 Å². The highest BCUT2D eigenvalue weighted by molar-refractivity contribution is 5.69. The van der Waals surface area contributed by atoms with Crippen molar-refractivity contribution in [3.8, 4) is 11.5 Å². The van der Waals surface area contributed by atoms with Crippen LogP contribution in [0.3, 0.4) is 0 Å². The lowest BCUT2D eigenvalue weighted by Crippen LogP contribution is -2.36. The Bertz CT molecular complexity index is 2770. The summed E-state index contributed by atoms with van der Waals surface area (Å²) in [6.07, 6.45) is 9.93. The second kappa shape index (κ2) is 19.6. The van der Waals surface area contributed by atoms with Gasteiger partial charge >= 0.3 is 0 Å². The summed E-state index contributed by atoms with van der Waals surface area (Å²) in [6.45, 7) is 45.6. The Morgan fingerprint density at radius 3 is 0.708 bits per heavy atom. The number of rotatable bonds is 10. The lowest BCUT2D eigenvalue weighted by atomic mass is 9.87. The average Bonchev–Trinajstić information content (AvgIpc) is 3.17. The van der Waals surface area contributed by atoms with E-state index in [1.165, 1.54) is 132 Å². The van der Waals surface area contributed by atoms with Crippen LogP contribution in [0.1, 0.15) is 190 Å². The fourth-order valence-corrected chi connectivity index (χ4v) is 10.8. The van der Waals surface area contributed by atoms with E-state index in [0.29, 0.717) is 0 Å². The highest BCUT2D eigenvalue weighted by Crippen LogP contribution is 2.35. The van der Waals surface area contributed by atoms with Gasteiger partial charge in [0.25, 0.3) is 0 Å². The maximum Gasteiger partial charge on any atom is 0.131 e. The molecular weight excluding hydrogens is 785 g/mol. The first-order chi connectivity index (χ1) is 30.5. The zero-order valence-corrected chi connectivity index (χ0v) is 43.8. The van der Waals surface area contributed by atoms with Gasteiger partial charge in [0.1, 0.15) is 11.5 Å². The van der Waals surface area contributed by atoms with Gasteiger partial charge in [-0.05, 0) is 242 Å². The molecule has 0 saturated heterocycles. The van der Waals surface area contributed by atoms with Gasteiger partial charge in [-0.15, -0.1) is 0 Å². The molecule has 0 atom stereocenters. The monoisotopic (exact) mass is 863 g/mol. The molecule has 0 aromatic heterocycles. The first-order valence-electron chi connectivity index (χ1n) is 24.3.